The van der Waals surface area contributed by atoms with Crippen LogP contribution in [0.1, 0.15) is 41.6 Å². The lowest BCUT2D eigenvalue weighted by Gasteiger charge is -2.21. The molecule has 0 unspecified atom stereocenters. The van der Waals surface area contributed by atoms with Gasteiger partial charge in [0.05, 0.1) is 15.5 Å². The highest BCUT2D eigenvalue weighted by Gasteiger charge is 2.27. The normalized spacial score (nSPS) is 16.0. The second kappa shape index (κ2) is 8.75. The minimum atomic E-state index is -3.97. The summed E-state index contributed by atoms with van der Waals surface area (Å²) >= 11 is 0. The first-order valence-electron chi connectivity index (χ1n) is 9.65. The SMILES string of the molecule is Cc1ccc(NS(=O)(=O)c2ccc(C(N)=O)cc2)cc1S(=O)(=O)N1CCCCCC1. The number of nitrogens with one attached hydrogen (secondary N) is 1. The molecule has 30 heavy (non-hydrogen) atoms. The standard InChI is InChI=1S/C20H25N3O5S2/c1-15-6-9-17(14-19(15)30(27,28)23-12-4-2-3-5-13-23)22-29(25,26)18-10-7-16(8-11-18)20(21)24/h6-11,14,22H,2-5,12-13H2,1H3,(H2,21,24). The zero-order valence-electron chi connectivity index (χ0n) is 16.7. The molecule has 0 aromatic heterocycles. The quantitative estimate of drug-likeness (QED) is 0.697. The molecule has 2 aromatic rings. The number of amides is 1. The van der Waals surface area contributed by atoms with E-state index in [0.717, 1.165) is 25.7 Å². The molecule has 10 heteroatoms. The Hall–Kier alpha value is -2.43. The van der Waals surface area contributed by atoms with Gasteiger partial charge >= 0.3 is 0 Å². The van der Waals surface area contributed by atoms with E-state index in [4.69, 9.17) is 5.73 Å². The number of rotatable bonds is 6. The third-order valence-electron chi connectivity index (χ3n) is 5.07. The molecule has 1 saturated heterocycles. The van der Waals surface area contributed by atoms with Crippen LogP contribution in [0, 0.1) is 6.92 Å². The lowest BCUT2D eigenvalue weighted by atomic mass is 10.2. The first kappa shape index (κ1) is 22.3. The lowest BCUT2D eigenvalue weighted by Crippen LogP contribution is -2.32. The fourth-order valence-corrected chi connectivity index (χ4v) is 6.19. The second-order valence-electron chi connectivity index (χ2n) is 7.29. The molecule has 0 spiro atoms. The van der Waals surface area contributed by atoms with Crippen LogP contribution in [0.4, 0.5) is 5.69 Å². The molecule has 1 amide bonds. The summed E-state index contributed by atoms with van der Waals surface area (Å²) in [5.74, 6) is -0.659. The zero-order chi connectivity index (χ0) is 21.9. The van der Waals surface area contributed by atoms with Crippen molar-refractivity contribution in [1.82, 2.24) is 4.31 Å². The highest BCUT2D eigenvalue weighted by molar-refractivity contribution is 7.92. The van der Waals surface area contributed by atoms with Crippen LogP contribution in [0.5, 0.6) is 0 Å². The van der Waals surface area contributed by atoms with Crippen molar-refractivity contribution in [3.8, 4) is 0 Å². The van der Waals surface area contributed by atoms with E-state index in [9.17, 15) is 21.6 Å². The van der Waals surface area contributed by atoms with Gasteiger partial charge in [0.25, 0.3) is 10.0 Å². The monoisotopic (exact) mass is 451 g/mol. The molecule has 1 aliphatic rings. The van der Waals surface area contributed by atoms with Gasteiger partial charge in [-0.05, 0) is 61.7 Å². The molecule has 0 saturated carbocycles. The van der Waals surface area contributed by atoms with Crippen molar-refractivity contribution in [1.29, 1.82) is 0 Å². The largest absolute Gasteiger partial charge is 0.366 e. The summed E-state index contributed by atoms with van der Waals surface area (Å²) < 4.78 is 55.6. The van der Waals surface area contributed by atoms with Gasteiger partial charge in [0.15, 0.2) is 0 Å². The third kappa shape index (κ3) is 4.82. The molecule has 0 aliphatic carbocycles. The number of anilines is 1. The lowest BCUT2D eigenvalue weighted by molar-refractivity contribution is 0.1000. The Morgan fingerprint density at radius 3 is 2.10 bits per heavy atom. The summed E-state index contributed by atoms with van der Waals surface area (Å²) in [5, 5.41) is 0. The smallest absolute Gasteiger partial charge is 0.261 e. The van der Waals surface area contributed by atoms with Crippen molar-refractivity contribution in [2.75, 3.05) is 17.8 Å². The molecule has 162 valence electrons. The van der Waals surface area contributed by atoms with Crippen molar-refractivity contribution < 1.29 is 21.6 Å². The Bertz CT molecular complexity index is 1140. The Morgan fingerprint density at radius 2 is 1.53 bits per heavy atom. The minimum absolute atomic E-state index is 0.0648. The fraction of sp³-hybridized carbons (Fsp3) is 0.350. The van der Waals surface area contributed by atoms with Crippen LogP contribution in [0.15, 0.2) is 52.3 Å². The summed E-state index contributed by atoms with van der Waals surface area (Å²) in [6, 6.07) is 9.63. The highest BCUT2D eigenvalue weighted by Crippen LogP contribution is 2.27. The predicted molar refractivity (Wildman–Crippen MR) is 114 cm³/mol. The molecule has 1 aliphatic heterocycles. The number of primary amides is 1. The predicted octanol–water partition coefficient (Wildman–Crippen LogP) is 2.46. The van der Waals surface area contributed by atoms with E-state index in [1.54, 1.807) is 13.0 Å². The number of hydrogen-bond donors (Lipinski definition) is 2. The first-order chi connectivity index (χ1) is 14.1. The van der Waals surface area contributed by atoms with Crippen LogP contribution in [0.3, 0.4) is 0 Å². The van der Waals surface area contributed by atoms with E-state index in [0.29, 0.717) is 18.7 Å². The van der Waals surface area contributed by atoms with Crippen molar-refractivity contribution >= 4 is 31.6 Å². The molecule has 0 radical (unpaired) electrons. The first-order valence-corrected chi connectivity index (χ1v) is 12.6. The van der Waals surface area contributed by atoms with Gasteiger partial charge in [-0.15, -0.1) is 0 Å². The molecule has 0 atom stereocenters. The molecule has 1 fully saturated rings. The third-order valence-corrected chi connectivity index (χ3v) is 8.51. The van der Waals surface area contributed by atoms with Gasteiger partial charge in [-0.25, -0.2) is 16.8 Å². The summed E-state index contributed by atoms with van der Waals surface area (Å²) in [6.07, 6.45) is 3.62. The Balaban J connectivity index is 1.90. The summed E-state index contributed by atoms with van der Waals surface area (Å²) in [6.45, 7) is 2.61. The van der Waals surface area contributed by atoms with Crippen LogP contribution < -0.4 is 10.5 Å². The van der Waals surface area contributed by atoms with Gasteiger partial charge in [0.2, 0.25) is 15.9 Å². The van der Waals surface area contributed by atoms with Crippen molar-refractivity contribution in [2.45, 2.75) is 42.4 Å². The number of nitrogens with two attached hydrogens (primary N) is 1. The molecule has 3 N–H and O–H groups in total. The number of benzene rings is 2. The van der Waals surface area contributed by atoms with Gasteiger partial charge in [-0.1, -0.05) is 18.9 Å². The van der Waals surface area contributed by atoms with Crippen LogP contribution in [0.2, 0.25) is 0 Å². The maximum atomic E-state index is 13.2. The van der Waals surface area contributed by atoms with Crippen LogP contribution in [-0.2, 0) is 20.0 Å². The molecule has 3 rings (SSSR count). The molecular weight excluding hydrogens is 426 g/mol. The molecule has 0 bridgehead atoms. The number of sulfonamides is 2. The Morgan fingerprint density at radius 1 is 0.933 bits per heavy atom. The van der Waals surface area contributed by atoms with E-state index in [1.165, 1.54) is 40.7 Å². The molecule has 8 nitrogen and oxygen atoms in total. The number of carbonyl (C=O) groups excluding carboxylic acids is 1. The molecular formula is C20H25N3O5S2. The van der Waals surface area contributed by atoms with Crippen molar-refractivity contribution in [3.05, 3.63) is 53.6 Å². The highest BCUT2D eigenvalue weighted by atomic mass is 32.2. The Labute approximate surface area is 177 Å². The number of carbonyl (C=O) groups is 1. The number of aryl methyl sites for hydroxylation is 1. The summed E-state index contributed by atoms with van der Waals surface area (Å²) in [4.78, 5) is 11.2. The van der Waals surface area contributed by atoms with Crippen LogP contribution >= 0.6 is 0 Å². The van der Waals surface area contributed by atoms with Crippen molar-refractivity contribution in [2.24, 2.45) is 5.73 Å². The number of hydrogen-bond acceptors (Lipinski definition) is 5. The van der Waals surface area contributed by atoms with E-state index in [1.807, 2.05) is 0 Å². The number of nitrogens with zero attached hydrogens (tertiary/aromatic N) is 1. The van der Waals surface area contributed by atoms with E-state index in [-0.39, 0.29) is 21.0 Å². The topological polar surface area (TPSA) is 127 Å². The maximum Gasteiger partial charge on any atom is 0.261 e. The van der Waals surface area contributed by atoms with Gasteiger partial charge < -0.3 is 5.73 Å². The minimum Gasteiger partial charge on any atom is -0.366 e. The van der Waals surface area contributed by atoms with Crippen LogP contribution in [-0.4, -0.2) is 40.1 Å². The van der Waals surface area contributed by atoms with Crippen molar-refractivity contribution in [3.63, 3.8) is 0 Å². The fourth-order valence-electron chi connectivity index (χ4n) is 3.38. The average molecular weight is 452 g/mol. The van der Waals surface area contributed by atoms with E-state index < -0.39 is 26.0 Å². The van der Waals surface area contributed by atoms with E-state index in [2.05, 4.69) is 4.72 Å². The van der Waals surface area contributed by atoms with Gasteiger partial charge in [-0.3, -0.25) is 9.52 Å². The Kier molecular flexibility index (Phi) is 6.49. The molecule has 1 heterocycles. The van der Waals surface area contributed by atoms with Gasteiger partial charge in [-0.2, -0.15) is 4.31 Å². The van der Waals surface area contributed by atoms with Gasteiger partial charge in [0.1, 0.15) is 0 Å². The van der Waals surface area contributed by atoms with E-state index >= 15 is 0 Å². The van der Waals surface area contributed by atoms with Crippen LogP contribution in [0.25, 0.3) is 0 Å². The zero-order valence-corrected chi connectivity index (χ0v) is 18.3. The van der Waals surface area contributed by atoms with Gasteiger partial charge in [0, 0.05) is 18.7 Å². The summed E-state index contributed by atoms with van der Waals surface area (Å²) in [7, 11) is -7.70. The molecule has 2 aromatic carbocycles. The second-order valence-corrected chi connectivity index (χ2v) is 10.9. The summed E-state index contributed by atoms with van der Waals surface area (Å²) in [5.41, 5.74) is 6.06. The maximum absolute atomic E-state index is 13.2. The average Bonchev–Trinajstić information content (AvgIpc) is 2.99.